The van der Waals surface area contributed by atoms with Crippen LogP contribution in [0.5, 0.6) is 0 Å². The molecule has 0 bridgehead atoms. The number of piperazine rings is 1. The van der Waals surface area contributed by atoms with Gasteiger partial charge in [0.1, 0.15) is 6.04 Å². The molecule has 2 N–H and O–H groups in total. The molecule has 1 atom stereocenters. The van der Waals surface area contributed by atoms with Gasteiger partial charge in [0, 0.05) is 33.2 Å². The minimum atomic E-state index is -3.87. The normalized spacial score (nSPS) is 20.4. The first-order valence-electron chi connectivity index (χ1n) is 6.45. The van der Waals surface area contributed by atoms with Gasteiger partial charge in [-0.1, -0.05) is 5.21 Å². The van der Waals surface area contributed by atoms with Crippen LogP contribution >= 0.6 is 15.9 Å². The molecule has 1 unspecified atom stereocenters. The zero-order valence-corrected chi connectivity index (χ0v) is 14.1. The Hall–Kier alpha value is -1.04. The molecule has 1 fully saturated rings. The molecule has 1 aromatic heterocycles. The minimum absolute atomic E-state index is 0.0568. The van der Waals surface area contributed by atoms with Crippen molar-refractivity contribution in [1.29, 1.82) is 0 Å². The second kappa shape index (κ2) is 6.38. The van der Waals surface area contributed by atoms with E-state index in [0.717, 1.165) is 0 Å². The second-order valence-corrected chi connectivity index (χ2v) is 7.10. The van der Waals surface area contributed by atoms with Crippen LogP contribution in [0, 0.1) is 0 Å². The van der Waals surface area contributed by atoms with E-state index in [1.807, 2.05) is 0 Å². The Morgan fingerprint density at radius 1 is 1.57 bits per heavy atom. The van der Waals surface area contributed by atoms with Gasteiger partial charge in [0.2, 0.25) is 10.9 Å². The fraction of sp³-hybridized carbons (Fsp3) is 0.700. The molecule has 1 saturated heterocycles. The van der Waals surface area contributed by atoms with Crippen molar-refractivity contribution < 1.29 is 13.2 Å². The highest BCUT2D eigenvalue weighted by Gasteiger charge is 2.40. The van der Waals surface area contributed by atoms with Crippen LogP contribution in [-0.4, -0.2) is 65.8 Å². The summed E-state index contributed by atoms with van der Waals surface area (Å²) in [7, 11) is -2.37. The van der Waals surface area contributed by atoms with Crippen molar-refractivity contribution in [3.8, 4) is 0 Å². The molecule has 2 rings (SSSR count). The molecule has 11 heteroatoms. The summed E-state index contributed by atoms with van der Waals surface area (Å²) < 4.78 is 28.1. The summed E-state index contributed by atoms with van der Waals surface area (Å²) in [6.07, 6.45) is 0. The van der Waals surface area contributed by atoms with Gasteiger partial charge in [-0.15, -0.1) is 5.10 Å². The number of likely N-dealkylation sites (N-methyl/N-ethyl adjacent to an activating group) is 1. The molecule has 1 aliphatic heterocycles. The number of aryl methyl sites for hydroxylation is 1. The Balaban J connectivity index is 2.39. The van der Waals surface area contributed by atoms with Gasteiger partial charge >= 0.3 is 0 Å². The van der Waals surface area contributed by atoms with Gasteiger partial charge in [-0.3, -0.25) is 4.79 Å². The smallest absolute Gasteiger partial charge is 0.263 e. The molecule has 0 aromatic carbocycles. The molecule has 1 amide bonds. The molecular formula is C10H17BrN6O3S. The summed E-state index contributed by atoms with van der Waals surface area (Å²) in [5.41, 5.74) is 0. The van der Waals surface area contributed by atoms with Gasteiger partial charge in [0.25, 0.3) is 10.0 Å². The van der Waals surface area contributed by atoms with Crippen molar-refractivity contribution in [1.82, 2.24) is 29.9 Å². The highest BCUT2D eigenvalue weighted by Crippen LogP contribution is 2.24. The fourth-order valence-electron chi connectivity index (χ4n) is 2.20. The predicted molar refractivity (Wildman–Crippen MR) is 77.9 cm³/mol. The summed E-state index contributed by atoms with van der Waals surface area (Å²) in [5, 5.41) is 13.0. The summed E-state index contributed by atoms with van der Waals surface area (Å²) in [4.78, 5) is 12.1. The Bertz CT molecular complexity index is 611. The number of carbonyl (C=O) groups is 1. The van der Waals surface area contributed by atoms with E-state index in [4.69, 9.17) is 0 Å². The van der Waals surface area contributed by atoms with Crippen molar-refractivity contribution in [2.45, 2.75) is 18.0 Å². The molecule has 1 aromatic rings. The molecule has 9 nitrogen and oxygen atoms in total. The first kappa shape index (κ1) is 16.3. The van der Waals surface area contributed by atoms with Crippen LogP contribution in [0.2, 0.25) is 0 Å². The van der Waals surface area contributed by atoms with E-state index < -0.39 is 16.1 Å². The van der Waals surface area contributed by atoms with E-state index >= 15 is 0 Å². The zero-order chi connectivity index (χ0) is 15.6. The lowest BCUT2D eigenvalue weighted by Crippen LogP contribution is -2.59. The van der Waals surface area contributed by atoms with Crippen molar-refractivity contribution in [3.63, 3.8) is 0 Å². The Labute approximate surface area is 131 Å². The maximum Gasteiger partial charge on any atom is 0.263 e. The lowest BCUT2D eigenvalue weighted by Gasteiger charge is -2.33. The van der Waals surface area contributed by atoms with Gasteiger partial charge in [-0.2, -0.15) is 4.31 Å². The number of aromatic nitrogens is 3. The van der Waals surface area contributed by atoms with Crippen LogP contribution in [0.25, 0.3) is 0 Å². The molecule has 0 aliphatic carbocycles. The number of halogens is 1. The van der Waals surface area contributed by atoms with E-state index in [2.05, 4.69) is 36.9 Å². The van der Waals surface area contributed by atoms with E-state index in [1.165, 1.54) is 16.0 Å². The number of nitrogens with one attached hydrogen (secondary N) is 2. The molecule has 0 radical (unpaired) electrons. The average Bonchev–Trinajstić information content (AvgIpc) is 2.79. The number of nitrogens with zero attached hydrogens (tertiary/aromatic N) is 4. The third kappa shape index (κ3) is 3.10. The summed E-state index contributed by atoms with van der Waals surface area (Å²) >= 11 is 3.09. The molecule has 118 valence electrons. The minimum Gasteiger partial charge on any atom is -0.355 e. The topological polar surface area (TPSA) is 109 Å². The van der Waals surface area contributed by atoms with Crippen molar-refractivity contribution in [2.75, 3.05) is 26.2 Å². The van der Waals surface area contributed by atoms with Crippen LogP contribution in [0.4, 0.5) is 0 Å². The Kier molecular flexibility index (Phi) is 4.96. The van der Waals surface area contributed by atoms with Crippen molar-refractivity contribution >= 4 is 31.9 Å². The van der Waals surface area contributed by atoms with Gasteiger partial charge in [-0.05, 0) is 22.9 Å². The van der Waals surface area contributed by atoms with Crippen molar-refractivity contribution in [3.05, 3.63) is 4.60 Å². The second-order valence-electron chi connectivity index (χ2n) is 4.54. The lowest BCUT2D eigenvalue weighted by molar-refractivity contribution is -0.125. The molecule has 0 spiro atoms. The Morgan fingerprint density at radius 3 is 2.86 bits per heavy atom. The van der Waals surface area contributed by atoms with E-state index in [1.54, 1.807) is 6.92 Å². The number of sulfonamides is 1. The zero-order valence-electron chi connectivity index (χ0n) is 11.7. The molecule has 1 aliphatic rings. The van der Waals surface area contributed by atoms with E-state index in [9.17, 15) is 13.2 Å². The molecule has 2 heterocycles. The van der Waals surface area contributed by atoms with Gasteiger partial charge < -0.3 is 10.6 Å². The Morgan fingerprint density at radius 2 is 2.29 bits per heavy atom. The molecular weight excluding hydrogens is 364 g/mol. The predicted octanol–water partition coefficient (Wildman–Crippen LogP) is -1.32. The molecule has 21 heavy (non-hydrogen) atoms. The number of hydrogen-bond donors (Lipinski definition) is 2. The third-order valence-electron chi connectivity index (χ3n) is 3.14. The number of amides is 1. The maximum atomic E-state index is 12.8. The van der Waals surface area contributed by atoms with E-state index in [0.29, 0.717) is 13.1 Å². The largest absolute Gasteiger partial charge is 0.355 e. The average molecular weight is 381 g/mol. The number of rotatable bonds is 4. The van der Waals surface area contributed by atoms with Gasteiger partial charge in [0.15, 0.2) is 4.60 Å². The number of hydrogen-bond acceptors (Lipinski definition) is 6. The first-order chi connectivity index (χ1) is 9.89. The van der Waals surface area contributed by atoms with Gasteiger partial charge in [-0.25, -0.2) is 13.1 Å². The quantitative estimate of drug-likeness (QED) is 0.670. The highest BCUT2D eigenvalue weighted by atomic mass is 79.9. The van der Waals surface area contributed by atoms with Crippen LogP contribution < -0.4 is 10.6 Å². The lowest BCUT2D eigenvalue weighted by atomic mass is 10.2. The maximum absolute atomic E-state index is 12.8. The summed E-state index contributed by atoms with van der Waals surface area (Å²) in [5.74, 6) is -0.320. The van der Waals surface area contributed by atoms with Crippen LogP contribution in [0.15, 0.2) is 9.63 Å². The summed E-state index contributed by atoms with van der Waals surface area (Å²) in [6, 6.07) is -0.787. The van der Waals surface area contributed by atoms with E-state index in [-0.39, 0.29) is 28.6 Å². The van der Waals surface area contributed by atoms with Crippen molar-refractivity contribution in [2.24, 2.45) is 7.05 Å². The van der Waals surface area contributed by atoms with Crippen LogP contribution in [-0.2, 0) is 21.9 Å². The highest BCUT2D eigenvalue weighted by molar-refractivity contribution is 9.10. The van der Waals surface area contributed by atoms with Gasteiger partial charge in [0.05, 0.1) is 0 Å². The standard InChI is InChI=1S/C10H17BrN6O3S/c1-3-13-9(18)7-6-12-4-5-17(7)21(19,20)10-8(11)14-15-16(10)2/h7,12H,3-6H2,1-2H3,(H,13,18). The SMILES string of the molecule is CCNC(=O)C1CNCCN1S(=O)(=O)c1c(Br)nnn1C. The fourth-order valence-corrected chi connectivity index (χ4v) is 4.82. The monoisotopic (exact) mass is 380 g/mol. The van der Waals surface area contributed by atoms with Crippen LogP contribution in [0.1, 0.15) is 6.92 Å². The first-order valence-corrected chi connectivity index (χ1v) is 8.68. The third-order valence-corrected chi connectivity index (χ3v) is 5.94. The van der Waals surface area contributed by atoms with Crippen LogP contribution in [0.3, 0.4) is 0 Å². The number of carbonyl (C=O) groups excluding carboxylic acids is 1. The summed E-state index contributed by atoms with van der Waals surface area (Å²) in [6.45, 7) is 3.20. The molecule has 0 saturated carbocycles.